The van der Waals surface area contributed by atoms with E-state index in [0.29, 0.717) is 5.56 Å². The highest BCUT2D eigenvalue weighted by Crippen LogP contribution is 2.07. The fraction of sp³-hybridized carbons (Fsp3) is 0.308. The number of aromatic carboxylic acids is 1. The van der Waals surface area contributed by atoms with Crippen LogP contribution >= 0.6 is 0 Å². The summed E-state index contributed by atoms with van der Waals surface area (Å²) in [6.07, 6.45) is 7.63. The van der Waals surface area contributed by atoms with Crippen molar-refractivity contribution in [2.45, 2.75) is 26.2 Å². The van der Waals surface area contributed by atoms with Crippen molar-refractivity contribution >= 4 is 12.0 Å². The summed E-state index contributed by atoms with van der Waals surface area (Å²) in [5.41, 5.74) is 1.39. The first kappa shape index (κ1) is 11.5. The maximum absolute atomic E-state index is 10.6. The number of hydrogen-bond donors (Lipinski definition) is 1. The third kappa shape index (κ3) is 3.98. The second kappa shape index (κ2) is 6.02. The highest BCUT2D eigenvalue weighted by molar-refractivity contribution is 5.87. The molecule has 0 aliphatic carbocycles. The van der Waals surface area contributed by atoms with Gasteiger partial charge in [0, 0.05) is 0 Å². The number of carboxylic acid groups (broad SMARTS) is 1. The van der Waals surface area contributed by atoms with E-state index in [0.717, 1.165) is 12.0 Å². The lowest BCUT2D eigenvalue weighted by Gasteiger charge is -1.95. The lowest BCUT2D eigenvalue weighted by Crippen LogP contribution is -1.94. The summed E-state index contributed by atoms with van der Waals surface area (Å²) in [6.45, 7) is 2.16. The third-order valence-corrected chi connectivity index (χ3v) is 2.19. The molecular weight excluding hydrogens is 188 g/mol. The zero-order chi connectivity index (χ0) is 11.1. The average molecular weight is 204 g/mol. The molecule has 0 bridgehead atoms. The number of rotatable bonds is 5. The van der Waals surface area contributed by atoms with Gasteiger partial charge in [-0.1, -0.05) is 44.1 Å². The van der Waals surface area contributed by atoms with E-state index in [2.05, 4.69) is 13.0 Å². The molecule has 2 nitrogen and oxygen atoms in total. The normalized spacial score (nSPS) is 10.7. The molecule has 15 heavy (non-hydrogen) atoms. The van der Waals surface area contributed by atoms with Gasteiger partial charge >= 0.3 is 5.97 Å². The van der Waals surface area contributed by atoms with Gasteiger partial charge in [-0.25, -0.2) is 4.79 Å². The SMILES string of the molecule is CCCC/C=C/c1ccc(C(=O)O)cc1. The van der Waals surface area contributed by atoms with E-state index in [4.69, 9.17) is 5.11 Å². The summed E-state index contributed by atoms with van der Waals surface area (Å²) in [4.78, 5) is 10.6. The third-order valence-electron chi connectivity index (χ3n) is 2.19. The topological polar surface area (TPSA) is 37.3 Å². The van der Waals surface area contributed by atoms with Crippen molar-refractivity contribution in [1.82, 2.24) is 0 Å². The smallest absolute Gasteiger partial charge is 0.335 e. The minimum Gasteiger partial charge on any atom is -0.478 e. The van der Waals surface area contributed by atoms with Gasteiger partial charge in [0.25, 0.3) is 0 Å². The molecule has 0 spiro atoms. The number of hydrogen-bond acceptors (Lipinski definition) is 1. The maximum atomic E-state index is 10.6. The molecule has 1 N–H and O–H groups in total. The molecular formula is C13H16O2. The number of carbonyl (C=O) groups is 1. The van der Waals surface area contributed by atoms with Crippen LogP contribution in [0.5, 0.6) is 0 Å². The molecule has 0 radical (unpaired) electrons. The quantitative estimate of drug-likeness (QED) is 0.744. The van der Waals surface area contributed by atoms with Crippen LogP contribution in [0.15, 0.2) is 30.3 Å². The Morgan fingerprint density at radius 3 is 2.53 bits per heavy atom. The number of carboxylic acids is 1. The molecule has 0 atom stereocenters. The van der Waals surface area contributed by atoms with E-state index < -0.39 is 5.97 Å². The minimum atomic E-state index is -0.878. The van der Waals surface area contributed by atoms with Crippen molar-refractivity contribution < 1.29 is 9.90 Å². The van der Waals surface area contributed by atoms with Crippen molar-refractivity contribution in [3.63, 3.8) is 0 Å². The summed E-state index contributed by atoms with van der Waals surface area (Å²) < 4.78 is 0. The first-order valence-electron chi connectivity index (χ1n) is 5.24. The van der Waals surface area contributed by atoms with Crippen LogP contribution in [0.3, 0.4) is 0 Å². The predicted octanol–water partition coefficient (Wildman–Crippen LogP) is 3.59. The number of unbranched alkanes of at least 4 members (excludes halogenated alkanes) is 2. The van der Waals surface area contributed by atoms with Gasteiger partial charge in [-0.15, -0.1) is 0 Å². The summed E-state index contributed by atoms with van der Waals surface area (Å²) in [7, 11) is 0. The first-order chi connectivity index (χ1) is 7.24. The van der Waals surface area contributed by atoms with Crippen LogP contribution in [0.1, 0.15) is 42.1 Å². The molecule has 0 amide bonds. The zero-order valence-electron chi connectivity index (χ0n) is 8.94. The van der Waals surface area contributed by atoms with Crippen molar-refractivity contribution in [1.29, 1.82) is 0 Å². The second-order valence-electron chi connectivity index (χ2n) is 3.47. The van der Waals surface area contributed by atoms with Crippen molar-refractivity contribution in [3.8, 4) is 0 Å². The Hall–Kier alpha value is -1.57. The van der Waals surface area contributed by atoms with Gasteiger partial charge in [-0.2, -0.15) is 0 Å². The number of allylic oxidation sites excluding steroid dienone is 1. The molecule has 0 aliphatic rings. The molecule has 1 rings (SSSR count). The van der Waals surface area contributed by atoms with Gasteiger partial charge in [0.05, 0.1) is 5.56 Å². The van der Waals surface area contributed by atoms with E-state index in [1.54, 1.807) is 12.1 Å². The molecule has 2 heteroatoms. The van der Waals surface area contributed by atoms with Crippen LogP contribution in [0.25, 0.3) is 6.08 Å². The van der Waals surface area contributed by atoms with Crippen LogP contribution in [0.2, 0.25) is 0 Å². The van der Waals surface area contributed by atoms with Gasteiger partial charge < -0.3 is 5.11 Å². The fourth-order valence-electron chi connectivity index (χ4n) is 1.28. The lowest BCUT2D eigenvalue weighted by molar-refractivity contribution is 0.0697. The van der Waals surface area contributed by atoms with Crippen molar-refractivity contribution in [2.75, 3.05) is 0 Å². The van der Waals surface area contributed by atoms with E-state index in [9.17, 15) is 4.79 Å². The van der Waals surface area contributed by atoms with Crippen LogP contribution in [-0.2, 0) is 0 Å². The molecule has 0 saturated carbocycles. The minimum absolute atomic E-state index is 0.334. The predicted molar refractivity (Wildman–Crippen MR) is 62.0 cm³/mol. The Morgan fingerprint density at radius 1 is 1.33 bits per heavy atom. The average Bonchev–Trinajstić information content (AvgIpc) is 2.25. The standard InChI is InChI=1S/C13H16O2/c1-2-3-4-5-6-11-7-9-12(10-8-11)13(14)15/h5-10H,2-4H2,1H3,(H,14,15)/b6-5+. The van der Waals surface area contributed by atoms with Gasteiger partial charge in [-0.3, -0.25) is 0 Å². The molecule has 0 saturated heterocycles. The number of benzene rings is 1. The molecule has 0 heterocycles. The Bertz CT molecular complexity index is 336. The van der Waals surface area contributed by atoms with E-state index in [-0.39, 0.29) is 0 Å². The van der Waals surface area contributed by atoms with Gasteiger partial charge in [0.1, 0.15) is 0 Å². The largest absolute Gasteiger partial charge is 0.478 e. The molecule has 1 aromatic rings. The van der Waals surface area contributed by atoms with Crippen LogP contribution in [0, 0.1) is 0 Å². The van der Waals surface area contributed by atoms with E-state index >= 15 is 0 Å². The lowest BCUT2D eigenvalue weighted by atomic mass is 10.1. The van der Waals surface area contributed by atoms with Crippen LogP contribution < -0.4 is 0 Å². The van der Waals surface area contributed by atoms with Crippen LogP contribution in [0.4, 0.5) is 0 Å². The Labute approximate surface area is 90.3 Å². The first-order valence-corrected chi connectivity index (χ1v) is 5.24. The highest BCUT2D eigenvalue weighted by atomic mass is 16.4. The van der Waals surface area contributed by atoms with Crippen LogP contribution in [-0.4, -0.2) is 11.1 Å². The summed E-state index contributed by atoms with van der Waals surface area (Å²) in [5, 5.41) is 8.70. The molecule has 0 fully saturated rings. The van der Waals surface area contributed by atoms with Gasteiger partial charge in [0.15, 0.2) is 0 Å². The van der Waals surface area contributed by atoms with E-state index in [1.807, 2.05) is 18.2 Å². The summed E-state index contributed by atoms with van der Waals surface area (Å²) in [6, 6.07) is 6.90. The highest BCUT2D eigenvalue weighted by Gasteiger charge is 1.99. The fourth-order valence-corrected chi connectivity index (χ4v) is 1.28. The molecule has 0 aliphatic heterocycles. The maximum Gasteiger partial charge on any atom is 0.335 e. The molecule has 0 unspecified atom stereocenters. The van der Waals surface area contributed by atoms with Crippen molar-refractivity contribution in [3.05, 3.63) is 41.5 Å². The monoisotopic (exact) mass is 204 g/mol. The van der Waals surface area contributed by atoms with E-state index in [1.165, 1.54) is 12.8 Å². The summed E-state index contributed by atoms with van der Waals surface area (Å²) >= 11 is 0. The zero-order valence-corrected chi connectivity index (χ0v) is 8.94. The molecule has 0 aromatic heterocycles. The molecule has 80 valence electrons. The summed E-state index contributed by atoms with van der Waals surface area (Å²) in [5.74, 6) is -0.878. The van der Waals surface area contributed by atoms with Crippen molar-refractivity contribution in [2.24, 2.45) is 0 Å². The Morgan fingerprint density at radius 2 is 2.00 bits per heavy atom. The Balaban J connectivity index is 2.56. The second-order valence-corrected chi connectivity index (χ2v) is 3.47. The van der Waals surface area contributed by atoms with Gasteiger partial charge in [0.2, 0.25) is 0 Å². The Kier molecular flexibility index (Phi) is 4.61. The van der Waals surface area contributed by atoms with Gasteiger partial charge in [-0.05, 0) is 24.1 Å². The molecule has 1 aromatic carbocycles.